The second kappa shape index (κ2) is 5.81. The Bertz CT molecular complexity index is 492. The maximum absolute atomic E-state index is 13.6. The molecule has 1 N–H and O–H groups in total. The van der Waals surface area contributed by atoms with Gasteiger partial charge in [-0.1, -0.05) is 13.8 Å². The number of rotatable bonds is 4. The lowest BCUT2D eigenvalue weighted by Gasteiger charge is -2.28. The van der Waals surface area contributed by atoms with Crippen LogP contribution in [-0.4, -0.2) is 11.4 Å². The first-order valence-electron chi connectivity index (χ1n) is 6.32. The van der Waals surface area contributed by atoms with Gasteiger partial charge in [0.15, 0.2) is 0 Å². The number of hydrogen-bond acceptors (Lipinski definition) is 1. The van der Waals surface area contributed by atoms with E-state index in [2.05, 4.69) is 5.32 Å². The van der Waals surface area contributed by atoms with Crippen molar-refractivity contribution in [2.45, 2.75) is 45.3 Å². The van der Waals surface area contributed by atoms with Gasteiger partial charge in [-0.3, -0.25) is 4.79 Å². The van der Waals surface area contributed by atoms with Gasteiger partial charge < -0.3 is 5.32 Å². The van der Waals surface area contributed by atoms with E-state index in [1.807, 2.05) is 13.8 Å². The number of alkyl halides is 3. The minimum absolute atomic E-state index is 0.538. The predicted octanol–water partition coefficient (Wildman–Crippen LogP) is 4.15. The number of carbonyl (C=O) groups is 1. The maximum atomic E-state index is 13.6. The molecule has 0 saturated heterocycles. The van der Waals surface area contributed by atoms with Crippen molar-refractivity contribution in [3.8, 4) is 0 Å². The predicted molar refractivity (Wildman–Crippen MR) is 67.9 cm³/mol. The van der Waals surface area contributed by atoms with Crippen LogP contribution in [0.15, 0.2) is 18.2 Å². The zero-order valence-electron chi connectivity index (χ0n) is 11.6. The number of hydrogen-bond donors (Lipinski definition) is 1. The van der Waals surface area contributed by atoms with Crippen LogP contribution in [0.3, 0.4) is 0 Å². The minimum Gasteiger partial charge on any atom is -0.347 e. The number of amides is 1. The molecule has 0 unspecified atom stereocenters. The van der Waals surface area contributed by atoms with Crippen LogP contribution < -0.4 is 5.32 Å². The lowest BCUT2D eigenvalue weighted by molar-refractivity contribution is -0.137. The molecule has 0 fully saturated rings. The second-order valence-electron chi connectivity index (χ2n) is 4.91. The first-order chi connectivity index (χ1) is 9.13. The van der Waals surface area contributed by atoms with E-state index in [1.54, 1.807) is 6.92 Å². The summed E-state index contributed by atoms with van der Waals surface area (Å²) in [5, 5.41) is 2.58. The molecule has 0 bridgehead atoms. The fourth-order valence-electron chi connectivity index (χ4n) is 1.64. The first-order valence-corrected chi connectivity index (χ1v) is 6.32. The Morgan fingerprint density at radius 1 is 1.20 bits per heavy atom. The third kappa shape index (κ3) is 3.71. The highest BCUT2D eigenvalue weighted by Gasteiger charge is 2.32. The van der Waals surface area contributed by atoms with Crippen molar-refractivity contribution < 1.29 is 22.4 Å². The number of benzene rings is 1. The minimum atomic E-state index is -4.61. The molecule has 0 aliphatic rings. The van der Waals surface area contributed by atoms with Crippen molar-refractivity contribution in [2.75, 3.05) is 0 Å². The van der Waals surface area contributed by atoms with Crippen molar-refractivity contribution in [2.24, 2.45) is 0 Å². The Morgan fingerprint density at radius 2 is 1.75 bits per heavy atom. The van der Waals surface area contributed by atoms with Crippen molar-refractivity contribution in [3.05, 3.63) is 35.1 Å². The molecule has 0 aromatic heterocycles. The summed E-state index contributed by atoms with van der Waals surface area (Å²) in [7, 11) is 0. The molecular formula is C14H17F4NO. The van der Waals surface area contributed by atoms with E-state index in [0.717, 1.165) is 0 Å². The summed E-state index contributed by atoms with van der Waals surface area (Å²) < 4.78 is 51.3. The van der Waals surface area contributed by atoms with Gasteiger partial charge in [0.2, 0.25) is 0 Å². The third-order valence-electron chi connectivity index (χ3n) is 3.51. The molecular weight excluding hydrogens is 274 g/mol. The molecule has 6 heteroatoms. The molecule has 1 rings (SSSR count). The van der Waals surface area contributed by atoms with Crippen molar-refractivity contribution in [3.63, 3.8) is 0 Å². The van der Waals surface area contributed by atoms with Gasteiger partial charge in [-0.05, 0) is 38.0 Å². The van der Waals surface area contributed by atoms with Gasteiger partial charge in [-0.15, -0.1) is 0 Å². The van der Waals surface area contributed by atoms with E-state index in [4.69, 9.17) is 0 Å². The van der Waals surface area contributed by atoms with Gasteiger partial charge in [0, 0.05) is 5.54 Å². The average Bonchev–Trinajstić information content (AvgIpc) is 2.37. The van der Waals surface area contributed by atoms with E-state index in [9.17, 15) is 22.4 Å². The molecule has 0 saturated carbocycles. The van der Waals surface area contributed by atoms with Crippen LogP contribution in [0.1, 0.15) is 49.5 Å². The summed E-state index contributed by atoms with van der Waals surface area (Å²) in [4.78, 5) is 12.0. The zero-order chi connectivity index (χ0) is 15.6. The SMILES string of the molecule is CCC(C)(CC)NC(=O)c1cc(C(F)(F)F)ccc1F. The summed E-state index contributed by atoms with van der Waals surface area (Å²) in [6.45, 7) is 5.44. The quantitative estimate of drug-likeness (QED) is 0.829. The van der Waals surface area contributed by atoms with Gasteiger partial charge in [0.25, 0.3) is 5.91 Å². The normalized spacial score (nSPS) is 12.3. The summed E-state index contributed by atoms with van der Waals surface area (Å²) in [6, 6.07) is 1.81. The molecule has 112 valence electrons. The maximum Gasteiger partial charge on any atom is 0.416 e. The molecule has 1 aromatic rings. The van der Waals surface area contributed by atoms with Gasteiger partial charge in [-0.2, -0.15) is 13.2 Å². The highest BCUT2D eigenvalue weighted by molar-refractivity contribution is 5.95. The van der Waals surface area contributed by atoms with E-state index in [1.165, 1.54) is 0 Å². The molecule has 1 amide bonds. The van der Waals surface area contributed by atoms with Crippen LogP contribution in [0.25, 0.3) is 0 Å². The van der Waals surface area contributed by atoms with Crippen LogP contribution in [-0.2, 0) is 6.18 Å². The Kier molecular flexibility index (Phi) is 4.78. The van der Waals surface area contributed by atoms with Crippen LogP contribution in [0.5, 0.6) is 0 Å². The average molecular weight is 291 g/mol. The summed E-state index contributed by atoms with van der Waals surface area (Å²) in [6.07, 6.45) is -3.42. The van der Waals surface area contributed by atoms with Crippen LogP contribution >= 0.6 is 0 Å². The summed E-state index contributed by atoms with van der Waals surface area (Å²) in [5.74, 6) is -1.80. The van der Waals surface area contributed by atoms with E-state index in [0.29, 0.717) is 31.0 Å². The van der Waals surface area contributed by atoms with Crippen LogP contribution in [0, 0.1) is 5.82 Å². The Balaban J connectivity index is 3.10. The van der Waals surface area contributed by atoms with E-state index in [-0.39, 0.29) is 0 Å². The molecule has 0 spiro atoms. The molecule has 2 nitrogen and oxygen atoms in total. The number of carbonyl (C=O) groups excluding carboxylic acids is 1. The fraction of sp³-hybridized carbons (Fsp3) is 0.500. The molecule has 0 atom stereocenters. The van der Waals surface area contributed by atoms with Crippen molar-refractivity contribution >= 4 is 5.91 Å². The standard InChI is InChI=1S/C14H17F4NO/c1-4-13(3,5-2)19-12(20)10-8-9(14(16,17)18)6-7-11(10)15/h6-8H,4-5H2,1-3H3,(H,19,20). The van der Waals surface area contributed by atoms with Gasteiger partial charge >= 0.3 is 6.18 Å². The largest absolute Gasteiger partial charge is 0.416 e. The summed E-state index contributed by atoms with van der Waals surface area (Å²) >= 11 is 0. The van der Waals surface area contributed by atoms with Crippen LogP contribution in [0.2, 0.25) is 0 Å². The Labute approximate surface area is 115 Å². The van der Waals surface area contributed by atoms with Gasteiger partial charge in [0.1, 0.15) is 5.82 Å². The Hall–Kier alpha value is -1.59. The summed E-state index contributed by atoms with van der Waals surface area (Å²) in [5.41, 5.74) is -2.20. The van der Waals surface area contributed by atoms with Crippen molar-refractivity contribution in [1.82, 2.24) is 5.32 Å². The fourth-order valence-corrected chi connectivity index (χ4v) is 1.64. The van der Waals surface area contributed by atoms with Gasteiger partial charge in [0.05, 0.1) is 11.1 Å². The topological polar surface area (TPSA) is 29.1 Å². The van der Waals surface area contributed by atoms with Crippen molar-refractivity contribution in [1.29, 1.82) is 0 Å². The van der Waals surface area contributed by atoms with Crippen LogP contribution in [0.4, 0.5) is 17.6 Å². The highest BCUT2D eigenvalue weighted by Crippen LogP contribution is 2.30. The smallest absolute Gasteiger partial charge is 0.347 e. The van der Waals surface area contributed by atoms with E-state index >= 15 is 0 Å². The van der Waals surface area contributed by atoms with Gasteiger partial charge in [-0.25, -0.2) is 4.39 Å². The third-order valence-corrected chi connectivity index (χ3v) is 3.51. The first kappa shape index (κ1) is 16.5. The van der Waals surface area contributed by atoms with E-state index < -0.39 is 34.6 Å². The lowest BCUT2D eigenvalue weighted by Crippen LogP contribution is -2.45. The zero-order valence-corrected chi connectivity index (χ0v) is 11.6. The number of nitrogens with one attached hydrogen (secondary N) is 1. The molecule has 0 aliphatic carbocycles. The second-order valence-corrected chi connectivity index (χ2v) is 4.91. The molecule has 0 heterocycles. The molecule has 20 heavy (non-hydrogen) atoms. The monoisotopic (exact) mass is 291 g/mol. The molecule has 0 aliphatic heterocycles. The molecule has 0 radical (unpaired) electrons. The Morgan fingerprint density at radius 3 is 2.20 bits per heavy atom. The molecule has 1 aromatic carbocycles. The highest BCUT2D eigenvalue weighted by atomic mass is 19.4. The lowest BCUT2D eigenvalue weighted by atomic mass is 9.95. The number of halogens is 4.